The molecule has 0 atom stereocenters. The molecule has 0 heterocycles. The summed E-state index contributed by atoms with van der Waals surface area (Å²) < 4.78 is 26.3. The van der Waals surface area contributed by atoms with Crippen LogP contribution in [-0.2, 0) is 0 Å². The number of rotatable bonds is 3. The van der Waals surface area contributed by atoms with Gasteiger partial charge in [0.05, 0.1) is 12.1 Å². The van der Waals surface area contributed by atoms with E-state index in [1.165, 1.54) is 0 Å². The minimum Gasteiger partial charge on any atom is -0.324 e. The second-order valence-corrected chi connectivity index (χ2v) is 3.44. The van der Waals surface area contributed by atoms with Crippen LogP contribution in [0.2, 0.25) is 0 Å². The minimum atomic E-state index is -0.700. The normalized spacial score (nSPS) is 10.3. The highest BCUT2D eigenvalue weighted by Gasteiger charge is 2.15. The van der Waals surface area contributed by atoms with Crippen LogP contribution in [0.1, 0.15) is 10.4 Å². The lowest BCUT2D eigenvalue weighted by Crippen LogP contribution is -2.15. The van der Waals surface area contributed by atoms with Gasteiger partial charge in [0.2, 0.25) is 0 Å². The molecular formula is C9H9F2NOS. The molecule has 0 aliphatic rings. The summed E-state index contributed by atoms with van der Waals surface area (Å²) >= 11 is 1.04. The fraction of sp³-hybridized carbons (Fsp3) is 0.222. The summed E-state index contributed by atoms with van der Waals surface area (Å²) in [4.78, 5) is 11.2. The first-order valence-corrected chi connectivity index (χ1v) is 5.09. The molecule has 2 nitrogen and oxygen atoms in total. The maximum atomic E-state index is 13.4. The molecule has 0 aliphatic heterocycles. The molecule has 76 valence electrons. The van der Waals surface area contributed by atoms with Crippen molar-refractivity contribution in [1.82, 2.24) is 0 Å². The van der Waals surface area contributed by atoms with Crippen LogP contribution in [0.3, 0.4) is 0 Å². The molecule has 2 N–H and O–H groups in total. The Balaban J connectivity index is 3.29. The van der Waals surface area contributed by atoms with Gasteiger partial charge in [-0.25, -0.2) is 8.78 Å². The predicted molar refractivity (Wildman–Crippen MR) is 51.5 cm³/mol. The lowest BCUT2D eigenvalue weighted by Gasteiger charge is -2.04. The number of carbonyl (C=O) groups excluding carboxylic acids is 1. The Bertz CT molecular complexity index is 368. The van der Waals surface area contributed by atoms with Gasteiger partial charge in [-0.05, 0) is 18.4 Å². The Morgan fingerprint density at radius 3 is 2.64 bits per heavy atom. The average molecular weight is 217 g/mol. The van der Waals surface area contributed by atoms with Crippen LogP contribution in [0, 0.1) is 11.6 Å². The second-order valence-electron chi connectivity index (χ2n) is 2.60. The lowest BCUT2D eigenvalue weighted by molar-refractivity contribution is 0.0996. The molecule has 0 aromatic heterocycles. The van der Waals surface area contributed by atoms with Crippen molar-refractivity contribution in [1.29, 1.82) is 0 Å². The zero-order valence-corrected chi connectivity index (χ0v) is 8.33. The van der Waals surface area contributed by atoms with Crippen LogP contribution in [0.15, 0.2) is 17.0 Å². The molecule has 0 fully saturated rings. The smallest absolute Gasteiger partial charge is 0.179 e. The van der Waals surface area contributed by atoms with Gasteiger partial charge in [-0.15, -0.1) is 11.8 Å². The van der Waals surface area contributed by atoms with Crippen LogP contribution in [0.25, 0.3) is 0 Å². The Kier molecular flexibility index (Phi) is 3.60. The molecule has 0 radical (unpaired) electrons. The van der Waals surface area contributed by atoms with Crippen molar-refractivity contribution in [3.8, 4) is 0 Å². The van der Waals surface area contributed by atoms with E-state index < -0.39 is 17.4 Å². The summed E-state index contributed by atoms with van der Waals surface area (Å²) in [7, 11) is 0. The highest BCUT2D eigenvalue weighted by Crippen LogP contribution is 2.23. The van der Waals surface area contributed by atoms with Crippen molar-refractivity contribution >= 4 is 17.5 Å². The van der Waals surface area contributed by atoms with E-state index in [-0.39, 0.29) is 17.0 Å². The predicted octanol–water partition coefficient (Wildman–Crippen LogP) is 1.83. The van der Waals surface area contributed by atoms with Gasteiger partial charge in [0, 0.05) is 4.90 Å². The van der Waals surface area contributed by atoms with Crippen molar-refractivity contribution < 1.29 is 13.6 Å². The number of Topliss-reactive ketones (excluding diaryl/α,β-unsaturated/α-hetero) is 1. The minimum absolute atomic E-state index is 0.113. The Hall–Kier alpha value is -0.940. The van der Waals surface area contributed by atoms with Gasteiger partial charge in [-0.2, -0.15) is 0 Å². The molecule has 0 bridgehead atoms. The van der Waals surface area contributed by atoms with Crippen LogP contribution in [-0.4, -0.2) is 18.6 Å². The molecule has 0 saturated carbocycles. The first-order chi connectivity index (χ1) is 6.60. The first kappa shape index (κ1) is 11.1. The van der Waals surface area contributed by atoms with Crippen molar-refractivity contribution in [3.05, 3.63) is 29.3 Å². The molecule has 0 amide bonds. The standard InChI is InChI=1S/C9H9F2NOS/c1-14-8-3-5(10)2-6(9(8)11)7(13)4-12/h2-3H,4,12H2,1H3. The Morgan fingerprint density at radius 2 is 2.14 bits per heavy atom. The first-order valence-electron chi connectivity index (χ1n) is 3.86. The highest BCUT2D eigenvalue weighted by atomic mass is 32.2. The number of thioether (sulfide) groups is 1. The number of carbonyl (C=O) groups is 1. The van der Waals surface area contributed by atoms with Crippen LogP contribution in [0.4, 0.5) is 8.78 Å². The Morgan fingerprint density at radius 1 is 1.50 bits per heavy atom. The topological polar surface area (TPSA) is 43.1 Å². The zero-order valence-electron chi connectivity index (χ0n) is 7.51. The van der Waals surface area contributed by atoms with E-state index in [2.05, 4.69) is 0 Å². The van der Waals surface area contributed by atoms with Gasteiger partial charge in [-0.3, -0.25) is 4.79 Å². The van der Waals surface area contributed by atoms with E-state index in [1.54, 1.807) is 6.26 Å². The monoisotopic (exact) mass is 217 g/mol. The number of benzene rings is 1. The lowest BCUT2D eigenvalue weighted by atomic mass is 10.1. The number of ketones is 1. The third kappa shape index (κ3) is 2.10. The van der Waals surface area contributed by atoms with Gasteiger partial charge < -0.3 is 5.73 Å². The fourth-order valence-corrected chi connectivity index (χ4v) is 1.55. The third-order valence-corrected chi connectivity index (χ3v) is 2.45. The summed E-state index contributed by atoms with van der Waals surface area (Å²) in [6.45, 7) is -0.325. The van der Waals surface area contributed by atoms with E-state index in [1.807, 2.05) is 0 Å². The van der Waals surface area contributed by atoms with Crippen LogP contribution < -0.4 is 5.73 Å². The van der Waals surface area contributed by atoms with E-state index in [9.17, 15) is 13.6 Å². The van der Waals surface area contributed by atoms with Crippen molar-refractivity contribution in [3.63, 3.8) is 0 Å². The van der Waals surface area contributed by atoms with E-state index in [0.29, 0.717) is 0 Å². The second kappa shape index (κ2) is 4.52. The largest absolute Gasteiger partial charge is 0.324 e. The Labute approximate surface area is 84.5 Å². The maximum Gasteiger partial charge on any atom is 0.179 e. The van der Waals surface area contributed by atoms with Crippen molar-refractivity contribution in [2.45, 2.75) is 4.90 Å². The molecule has 14 heavy (non-hydrogen) atoms. The summed E-state index contributed by atoms with van der Waals surface area (Å²) in [5, 5.41) is 0. The molecule has 5 heteroatoms. The van der Waals surface area contributed by atoms with Crippen LogP contribution in [0.5, 0.6) is 0 Å². The van der Waals surface area contributed by atoms with E-state index in [4.69, 9.17) is 5.73 Å². The van der Waals surface area contributed by atoms with Crippen molar-refractivity contribution in [2.75, 3.05) is 12.8 Å². The molecule has 0 saturated heterocycles. The highest BCUT2D eigenvalue weighted by molar-refractivity contribution is 7.98. The fourth-order valence-electron chi connectivity index (χ4n) is 1.03. The van der Waals surface area contributed by atoms with Crippen LogP contribution >= 0.6 is 11.8 Å². The quantitative estimate of drug-likeness (QED) is 0.620. The summed E-state index contributed by atoms with van der Waals surface area (Å²) in [6.07, 6.45) is 1.61. The van der Waals surface area contributed by atoms with Gasteiger partial charge in [0.15, 0.2) is 5.78 Å². The summed E-state index contributed by atoms with van der Waals surface area (Å²) in [5.41, 5.74) is 4.79. The summed E-state index contributed by atoms with van der Waals surface area (Å²) in [6, 6.07) is 1.91. The zero-order chi connectivity index (χ0) is 10.7. The number of hydrogen-bond acceptors (Lipinski definition) is 3. The van der Waals surface area contributed by atoms with E-state index in [0.717, 1.165) is 23.9 Å². The third-order valence-electron chi connectivity index (χ3n) is 1.71. The van der Waals surface area contributed by atoms with Gasteiger partial charge in [0.25, 0.3) is 0 Å². The molecule has 0 unspecified atom stereocenters. The number of halogens is 2. The number of nitrogens with two attached hydrogens (primary N) is 1. The molecule has 1 rings (SSSR count). The molecule has 1 aromatic carbocycles. The van der Waals surface area contributed by atoms with Gasteiger partial charge in [0.1, 0.15) is 11.6 Å². The van der Waals surface area contributed by atoms with Gasteiger partial charge >= 0.3 is 0 Å². The molecule has 0 spiro atoms. The molecule has 1 aromatic rings. The van der Waals surface area contributed by atoms with Crippen molar-refractivity contribution in [2.24, 2.45) is 5.73 Å². The average Bonchev–Trinajstić information content (AvgIpc) is 2.19. The SMILES string of the molecule is CSc1cc(F)cc(C(=O)CN)c1F. The molecular weight excluding hydrogens is 208 g/mol. The maximum absolute atomic E-state index is 13.4. The number of hydrogen-bond donors (Lipinski definition) is 1. The van der Waals surface area contributed by atoms with E-state index >= 15 is 0 Å². The van der Waals surface area contributed by atoms with Gasteiger partial charge in [-0.1, -0.05) is 0 Å². The summed E-state index contributed by atoms with van der Waals surface area (Å²) in [5.74, 6) is -1.93. The molecule has 0 aliphatic carbocycles.